The van der Waals surface area contributed by atoms with Crippen LogP contribution in [0, 0.1) is 13.8 Å². The molecule has 4 aromatic rings. The number of hydrogen-bond acceptors (Lipinski definition) is 2. The first-order chi connectivity index (χ1) is 16.6. The maximum atomic E-state index is 14.0. The zero-order valence-electron chi connectivity index (χ0n) is 19.7. The van der Waals surface area contributed by atoms with Gasteiger partial charge in [0.25, 0.3) is 0 Å². The molecular weight excluding hydrogens is 438 g/mol. The number of fused-ring (bicyclic) bond motifs is 5. The van der Waals surface area contributed by atoms with Crippen LogP contribution in [0.15, 0.2) is 66.9 Å². The normalized spacial score (nSPS) is 16.9. The highest BCUT2D eigenvalue weighted by Gasteiger charge is 2.36. The largest absolute Gasteiger partial charge is 0.322 e. The van der Waals surface area contributed by atoms with E-state index < -0.39 is 0 Å². The highest BCUT2D eigenvalue weighted by atomic mass is 32.1. The summed E-state index contributed by atoms with van der Waals surface area (Å²) in [6.07, 6.45) is 6.91. The molecule has 1 N–H and O–H groups in total. The highest BCUT2D eigenvalue weighted by molar-refractivity contribution is 7.15. The number of nitrogens with zero attached hydrogens (tertiary/aromatic N) is 2. The van der Waals surface area contributed by atoms with Gasteiger partial charge in [-0.1, -0.05) is 36.4 Å². The van der Waals surface area contributed by atoms with Crippen LogP contribution >= 0.6 is 11.3 Å². The number of aromatic nitrogens is 1. The molecule has 172 valence electrons. The van der Waals surface area contributed by atoms with Gasteiger partial charge in [-0.05, 0) is 86.1 Å². The molecule has 0 radical (unpaired) electrons. The number of hydrogen-bond donors (Lipinski definition) is 1. The van der Waals surface area contributed by atoms with Crippen LogP contribution < -0.4 is 5.32 Å². The summed E-state index contributed by atoms with van der Waals surface area (Å²) in [4.78, 5) is 17.5. The van der Waals surface area contributed by atoms with Crippen molar-refractivity contribution < 1.29 is 4.79 Å². The summed E-state index contributed by atoms with van der Waals surface area (Å²) >= 11 is 1.92. The number of nitrogens with one attached hydrogen (secondary N) is 1. The molecule has 1 aliphatic carbocycles. The van der Waals surface area contributed by atoms with Gasteiger partial charge in [0.15, 0.2) is 0 Å². The fraction of sp³-hybridized carbons (Fsp3) is 0.276. The van der Waals surface area contributed by atoms with Crippen molar-refractivity contribution in [1.82, 2.24) is 9.47 Å². The van der Waals surface area contributed by atoms with Crippen molar-refractivity contribution in [2.45, 2.75) is 52.1 Å². The number of rotatable bonds is 2. The first kappa shape index (κ1) is 21.2. The van der Waals surface area contributed by atoms with Gasteiger partial charge in [-0.15, -0.1) is 11.3 Å². The molecule has 1 atom stereocenters. The molecule has 0 spiro atoms. The monoisotopic (exact) mass is 467 g/mol. The quantitative estimate of drug-likeness (QED) is 0.333. The summed E-state index contributed by atoms with van der Waals surface area (Å²) < 4.78 is 2.33. The van der Waals surface area contributed by atoms with Crippen LogP contribution in [0.4, 0.5) is 10.5 Å². The second-order valence-corrected chi connectivity index (χ2v) is 10.6. The molecule has 0 bridgehead atoms. The van der Waals surface area contributed by atoms with Gasteiger partial charge in [-0.2, -0.15) is 0 Å². The Morgan fingerprint density at radius 1 is 0.941 bits per heavy atom. The van der Waals surface area contributed by atoms with Gasteiger partial charge in [0.2, 0.25) is 0 Å². The minimum absolute atomic E-state index is 0.0600. The lowest BCUT2D eigenvalue weighted by molar-refractivity contribution is 0.194. The van der Waals surface area contributed by atoms with Gasteiger partial charge in [0.1, 0.15) is 5.00 Å². The molecule has 2 aromatic carbocycles. The van der Waals surface area contributed by atoms with E-state index in [1.54, 1.807) is 0 Å². The van der Waals surface area contributed by atoms with E-state index in [1.807, 2.05) is 34.4 Å². The van der Waals surface area contributed by atoms with Crippen molar-refractivity contribution in [1.29, 1.82) is 0 Å². The molecule has 0 unspecified atom stereocenters. The molecule has 2 aromatic heterocycles. The topological polar surface area (TPSA) is 37.3 Å². The maximum absolute atomic E-state index is 14.0. The summed E-state index contributed by atoms with van der Waals surface area (Å²) in [7, 11) is 0. The average Bonchev–Trinajstić information content (AvgIpc) is 3.41. The Kier molecular flexibility index (Phi) is 5.30. The van der Waals surface area contributed by atoms with E-state index in [9.17, 15) is 4.79 Å². The van der Waals surface area contributed by atoms with Crippen molar-refractivity contribution >= 4 is 23.1 Å². The predicted octanol–water partition coefficient (Wildman–Crippen LogP) is 7.17. The summed E-state index contributed by atoms with van der Waals surface area (Å²) in [5.74, 6) is 0. The Morgan fingerprint density at radius 3 is 2.50 bits per heavy atom. The molecule has 0 fully saturated rings. The van der Waals surface area contributed by atoms with E-state index in [0.29, 0.717) is 6.54 Å². The van der Waals surface area contributed by atoms with Crippen LogP contribution in [0.3, 0.4) is 0 Å². The van der Waals surface area contributed by atoms with E-state index in [1.165, 1.54) is 33.8 Å². The first-order valence-corrected chi connectivity index (χ1v) is 12.9. The zero-order valence-corrected chi connectivity index (χ0v) is 20.5. The van der Waals surface area contributed by atoms with Gasteiger partial charge < -0.3 is 14.8 Å². The molecule has 2 amide bonds. The maximum Gasteiger partial charge on any atom is 0.322 e. The number of anilines is 1. The third-order valence-electron chi connectivity index (χ3n) is 7.03. The molecule has 1 aliphatic heterocycles. The van der Waals surface area contributed by atoms with Crippen molar-refractivity contribution in [3.05, 3.63) is 105 Å². The van der Waals surface area contributed by atoms with Gasteiger partial charge in [0.05, 0.1) is 18.3 Å². The molecule has 5 heteroatoms. The zero-order chi connectivity index (χ0) is 23.2. The van der Waals surface area contributed by atoms with Gasteiger partial charge in [-0.25, -0.2) is 4.79 Å². The molecule has 34 heavy (non-hydrogen) atoms. The standard InChI is InChI=1S/C29H29N3OS/c1-19-15-20(2)17-22(16-19)30-29(33)32-18-24-23-11-6-7-13-26(23)34-28(24)31-14-8-12-25(31)27(32)21-9-4-3-5-10-21/h3-5,8-10,12,14-17,27H,6-7,11,13,18H2,1-2H3,(H,30,33)/t27-/m0/s1. The second kappa shape index (κ2) is 8.48. The number of amides is 2. The Labute approximate surface area is 204 Å². The minimum Gasteiger partial charge on any atom is -0.310 e. The summed E-state index contributed by atoms with van der Waals surface area (Å²) in [5.41, 5.74) is 8.21. The van der Waals surface area contributed by atoms with Crippen LogP contribution in [0.2, 0.25) is 0 Å². The molecule has 3 heterocycles. The first-order valence-electron chi connectivity index (χ1n) is 12.1. The average molecular weight is 468 g/mol. The van der Waals surface area contributed by atoms with E-state index in [0.717, 1.165) is 40.9 Å². The smallest absolute Gasteiger partial charge is 0.310 e. The number of thiophene rings is 1. The van der Waals surface area contributed by atoms with E-state index >= 15 is 0 Å². The van der Waals surface area contributed by atoms with Gasteiger partial charge >= 0.3 is 6.03 Å². The van der Waals surface area contributed by atoms with Crippen molar-refractivity contribution in [2.75, 3.05) is 5.32 Å². The Bertz CT molecular complexity index is 1350. The number of carbonyl (C=O) groups excluding carboxylic acids is 1. The summed E-state index contributed by atoms with van der Waals surface area (Å²) in [6, 6.07) is 20.7. The molecule has 0 saturated heterocycles. The van der Waals surface area contributed by atoms with E-state index in [2.05, 4.69) is 72.4 Å². The molecule has 0 saturated carbocycles. The van der Waals surface area contributed by atoms with E-state index in [-0.39, 0.29) is 12.1 Å². The highest BCUT2D eigenvalue weighted by Crippen LogP contribution is 2.44. The fourth-order valence-electron chi connectivity index (χ4n) is 5.61. The number of aryl methyl sites for hydroxylation is 3. The van der Waals surface area contributed by atoms with Gasteiger partial charge in [0, 0.05) is 22.3 Å². The van der Waals surface area contributed by atoms with Crippen LogP contribution in [0.5, 0.6) is 0 Å². The summed E-state index contributed by atoms with van der Waals surface area (Å²) in [5, 5.41) is 4.51. The van der Waals surface area contributed by atoms with Crippen LogP contribution in [-0.4, -0.2) is 15.5 Å². The molecule has 2 aliphatic rings. The molecule has 6 rings (SSSR count). The van der Waals surface area contributed by atoms with Crippen molar-refractivity contribution in [3.63, 3.8) is 0 Å². The van der Waals surface area contributed by atoms with E-state index in [4.69, 9.17) is 0 Å². The fourth-order valence-corrected chi connectivity index (χ4v) is 7.02. The lowest BCUT2D eigenvalue weighted by Crippen LogP contribution is -2.38. The Morgan fingerprint density at radius 2 is 1.71 bits per heavy atom. The van der Waals surface area contributed by atoms with Crippen molar-refractivity contribution in [2.24, 2.45) is 0 Å². The third kappa shape index (κ3) is 3.64. The van der Waals surface area contributed by atoms with Crippen LogP contribution in [0.1, 0.15) is 57.3 Å². The van der Waals surface area contributed by atoms with Gasteiger partial charge in [-0.3, -0.25) is 0 Å². The number of benzene rings is 2. The Balaban J connectivity index is 1.49. The second-order valence-electron chi connectivity index (χ2n) is 9.55. The number of carbonyl (C=O) groups is 1. The molecular formula is C29H29N3OS. The predicted molar refractivity (Wildman–Crippen MR) is 139 cm³/mol. The summed E-state index contributed by atoms with van der Waals surface area (Å²) in [6.45, 7) is 4.75. The third-order valence-corrected chi connectivity index (χ3v) is 8.36. The minimum atomic E-state index is -0.166. The lowest BCUT2D eigenvalue weighted by atomic mass is 9.95. The molecule has 4 nitrogen and oxygen atoms in total. The Hall–Kier alpha value is -3.31. The number of urea groups is 1. The lowest BCUT2D eigenvalue weighted by Gasteiger charge is -2.31. The van der Waals surface area contributed by atoms with Crippen LogP contribution in [0.25, 0.3) is 5.00 Å². The SMILES string of the molecule is Cc1cc(C)cc(NC(=O)N2Cc3c(sc4c3CCCC4)-n3cccc3[C@@H]2c2ccccc2)c1. The van der Waals surface area contributed by atoms with Crippen LogP contribution in [-0.2, 0) is 19.4 Å². The van der Waals surface area contributed by atoms with Crippen molar-refractivity contribution in [3.8, 4) is 5.00 Å².